The maximum absolute atomic E-state index is 12.4. The summed E-state index contributed by atoms with van der Waals surface area (Å²) in [6.45, 7) is 7.27. The van der Waals surface area contributed by atoms with Gasteiger partial charge >= 0.3 is 18.1 Å². The van der Waals surface area contributed by atoms with Crippen molar-refractivity contribution in [3.8, 4) is 0 Å². The van der Waals surface area contributed by atoms with Gasteiger partial charge in [0.05, 0.1) is 0 Å². The number of hydrogen-bond acceptors (Lipinski definition) is 3. The molecule has 0 spiro atoms. The number of carboxylic acid groups (broad SMARTS) is 1. The molecular formula is C16H27F3N2O4. The number of aliphatic carboxylic acids is 1. The van der Waals surface area contributed by atoms with Gasteiger partial charge in [0.25, 0.3) is 0 Å². The summed E-state index contributed by atoms with van der Waals surface area (Å²) in [6.07, 6.45) is -4.63. The van der Waals surface area contributed by atoms with Crippen LogP contribution in [0.2, 0.25) is 0 Å². The second-order valence-electron chi connectivity index (χ2n) is 6.99. The van der Waals surface area contributed by atoms with Crippen LogP contribution in [0.15, 0.2) is 0 Å². The van der Waals surface area contributed by atoms with Crippen LogP contribution in [0.3, 0.4) is 0 Å². The van der Waals surface area contributed by atoms with Crippen molar-refractivity contribution in [2.45, 2.75) is 59.2 Å². The molecule has 2 amide bonds. The van der Waals surface area contributed by atoms with Crippen LogP contribution in [0.1, 0.15) is 47.0 Å². The Kier molecular flexibility index (Phi) is 9.51. The smallest absolute Gasteiger partial charge is 0.471 e. The third kappa shape index (κ3) is 10.6. The molecule has 0 unspecified atom stereocenters. The van der Waals surface area contributed by atoms with E-state index in [1.165, 1.54) is 0 Å². The molecule has 6 nitrogen and oxygen atoms in total. The number of carbonyl (C=O) groups excluding carboxylic acids is 2. The molecule has 0 aliphatic carbocycles. The van der Waals surface area contributed by atoms with Gasteiger partial charge in [-0.15, -0.1) is 0 Å². The van der Waals surface area contributed by atoms with Crippen molar-refractivity contribution in [2.24, 2.45) is 17.8 Å². The van der Waals surface area contributed by atoms with Gasteiger partial charge in [-0.05, 0) is 30.6 Å². The van der Waals surface area contributed by atoms with Crippen molar-refractivity contribution in [3.63, 3.8) is 0 Å². The number of amides is 2. The SMILES string of the molecule is CC(C)C[C@H](CNC(=O)[C@H](CC(C)C)NC(=O)C(F)(F)F)CC(=O)O. The highest BCUT2D eigenvalue weighted by atomic mass is 19.4. The maximum Gasteiger partial charge on any atom is 0.471 e. The fourth-order valence-electron chi connectivity index (χ4n) is 2.46. The van der Waals surface area contributed by atoms with Gasteiger partial charge in [0, 0.05) is 13.0 Å². The van der Waals surface area contributed by atoms with Gasteiger partial charge in [-0.3, -0.25) is 14.4 Å². The van der Waals surface area contributed by atoms with Crippen molar-refractivity contribution in [2.75, 3.05) is 6.54 Å². The van der Waals surface area contributed by atoms with Crippen LogP contribution in [0.25, 0.3) is 0 Å². The molecule has 2 atom stereocenters. The standard InChI is InChI=1S/C16H27F3N2O4/c1-9(2)5-11(7-13(22)23)8-20-14(24)12(6-10(3)4)21-15(25)16(17,18)19/h9-12H,5-8H2,1-4H3,(H,20,24)(H,21,25)(H,22,23)/t11-,12-/m0/s1. The van der Waals surface area contributed by atoms with Crippen LogP contribution >= 0.6 is 0 Å². The first-order valence-corrected chi connectivity index (χ1v) is 8.20. The van der Waals surface area contributed by atoms with Crippen LogP contribution in [0, 0.1) is 17.8 Å². The Morgan fingerprint density at radius 3 is 1.92 bits per heavy atom. The molecule has 0 saturated heterocycles. The first-order chi connectivity index (χ1) is 11.3. The van der Waals surface area contributed by atoms with E-state index in [-0.39, 0.29) is 37.1 Å². The number of carboxylic acids is 1. The molecule has 3 N–H and O–H groups in total. The average Bonchev–Trinajstić information content (AvgIpc) is 2.40. The molecule has 0 radical (unpaired) electrons. The van der Waals surface area contributed by atoms with E-state index >= 15 is 0 Å². The van der Waals surface area contributed by atoms with E-state index in [2.05, 4.69) is 5.32 Å². The summed E-state index contributed by atoms with van der Waals surface area (Å²) < 4.78 is 37.2. The number of alkyl halides is 3. The summed E-state index contributed by atoms with van der Waals surface area (Å²) in [5.41, 5.74) is 0. The molecule has 0 aliphatic rings. The third-order valence-electron chi connectivity index (χ3n) is 3.42. The Morgan fingerprint density at radius 1 is 1.00 bits per heavy atom. The lowest BCUT2D eigenvalue weighted by atomic mass is 9.94. The normalized spacial score (nSPS) is 14.3. The van der Waals surface area contributed by atoms with Gasteiger partial charge in [0.15, 0.2) is 0 Å². The third-order valence-corrected chi connectivity index (χ3v) is 3.42. The van der Waals surface area contributed by atoms with E-state index in [0.29, 0.717) is 6.42 Å². The average molecular weight is 368 g/mol. The van der Waals surface area contributed by atoms with Crippen LogP contribution in [0.4, 0.5) is 13.2 Å². The minimum Gasteiger partial charge on any atom is -0.481 e. The Hall–Kier alpha value is -1.80. The van der Waals surface area contributed by atoms with Crippen LogP contribution < -0.4 is 10.6 Å². The summed E-state index contributed by atoms with van der Waals surface area (Å²) >= 11 is 0. The summed E-state index contributed by atoms with van der Waals surface area (Å²) in [7, 11) is 0. The molecule has 0 fully saturated rings. The van der Waals surface area contributed by atoms with Crippen LogP contribution in [-0.2, 0) is 14.4 Å². The van der Waals surface area contributed by atoms with Gasteiger partial charge in [0.1, 0.15) is 6.04 Å². The zero-order chi connectivity index (χ0) is 19.8. The Labute approximate surface area is 145 Å². The molecule has 0 aromatic rings. The van der Waals surface area contributed by atoms with Gasteiger partial charge in [-0.2, -0.15) is 13.2 Å². The molecule has 9 heteroatoms. The number of nitrogens with one attached hydrogen (secondary N) is 2. The molecule has 0 aliphatic heterocycles. The molecule has 0 saturated carbocycles. The molecule has 0 bridgehead atoms. The molecule has 0 aromatic carbocycles. The quantitative estimate of drug-likeness (QED) is 0.551. The minimum absolute atomic E-state index is 0.0276. The predicted molar refractivity (Wildman–Crippen MR) is 85.6 cm³/mol. The second kappa shape index (κ2) is 10.2. The molecule has 146 valence electrons. The highest BCUT2D eigenvalue weighted by Crippen LogP contribution is 2.17. The van der Waals surface area contributed by atoms with Crippen molar-refractivity contribution in [3.05, 3.63) is 0 Å². The van der Waals surface area contributed by atoms with Crippen LogP contribution in [-0.4, -0.2) is 41.7 Å². The number of hydrogen-bond donors (Lipinski definition) is 3. The summed E-state index contributed by atoms with van der Waals surface area (Å²) in [5.74, 6) is -4.17. The van der Waals surface area contributed by atoms with Gasteiger partial charge in [0.2, 0.25) is 5.91 Å². The van der Waals surface area contributed by atoms with E-state index in [4.69, 9.17) is 5.11 Å². The number of carbonyl (C=O) groups is 3. The fourth-order valence-corrected chi connectivity index (χ4v) is 2.46. The number of rotatable bonds is 10. The zero-order valence-corrected chi connectivity index (χ0v) is 14.9. The van der Waals surface area contributed by atoms with Gasteiger partial charge in [-0.1, -0.05) is 27.7 Å². The Morgan fingerprint density at radius 2 is 1.52 bits per heavy atom. The van der Waals surface area contributed by atoms with Crippen LogP contribution in [0.5, 0.6) is 0 Å². The first-order valence-electron chi connectivity index (χ1n) is 8.20. The summed E-state index contributed by atoms with van der Waals surface area (Å²) in [4.78, 5) is 34.1. The van der Waals surface area contributed by atoms with Crippen molar-refractivity contribution >= 4 is 17.8 Å². The largest absolute Gasteiger partial charge is 0.481 e. The minimum atomic E-state index is -5.07. The molecular weight excluding hydrogens is 341 g/mol. The Balaban J connectivity index is 4.88. The summed E-state index contributed by atoms with van der Waals surface area (Å²) in [6, 6.07) is -1.32. The zero-order valence-electron chi connectivity index (χ0n) is 14.9. The highest BCUT2D eigenvalue weighted by molar-refractivity contribution is 5.89. The first kappa shape index (κ1) is 23.2. The van der Waals surface area contributed by atoms with Gasteiger partial charge in [-0.25, -0.2) is 0 Å². The molecule has 0 aromatic heterocycles. The fraction of sp³-hybridized carbons (Fsp3) is 0.812. The van der Waals surface area contributed by atoms with E-state index in [0.717, 1.165) is 0 Å². The van der Waals surface area contributed by atoms with Crippen molar-refractivity contribution in [1.29, 1.82) is 0 Å². The van der Waals surface area contributed by atoms with E-state index < -0.39 is 30.0 Å². The highest BCUT2D eigenvalue weighted by Gasteiger charge is 2.40. The van der Waals surface area contributed by atoms with Gasteiger partial charge < -0.3 is 15.7 Å². The monoisotopic (exact) mass is 368 g/mol. The summed E-state index contributed by atoms with van der Waals surface area (Å²) in [5, 5.41) is 13.1. The lowest BCUT2D eigenvalue weighted by molar-refractivity contribution is -0.174. The topological polar surface area (TPSA) is 95.5 Å². The molecule has 0 rings (SSSR count). The lowest BCUT2D eigenvalue weighted by Gasteiger charge is -2.23. The molecule has 0 heterocycles. The van der Waals surface area contributed by atoms with Crippen molar-refractivity contribution < 1.29 is 32.7 Å². The lowest BCUT2D eigenvalue weighted by Crippen LogP contribution is -2.51. The van der Waals surface area contributed by atoms with E-state index in [1.54, 1.807) is 19.2 Å². The molecule has 25 heavy (non-hydrogen) atoms. The Bertz CT molecular complexity index is 465. The second-order valence-corrected chi connectivity index (χ2v) is 6.99. The predicted octanol–water partition coefficient (Wildman–Crippen LogP) is 2.33. The van der Waals surface area contributed by atoms with E-state index in [1.807, 2.05) is 13.8 Å². The maximum atomic E-state index is 12.4. The van der Waals surface area contributed by atoms with Crippen molar-refractivity contribution in [1.82, 2.24) is 10.6 Å². The number of halogens is 3. The van der Waals surface area contributed by atoms with E-state index in [9.17, 15) is 27.6 Å².